The van der Waals surface area contributed by atoms with Gasteiger partial charge in [0.1, 0.15) is 11.8 Å². The molecule has 0 bridgehead atoms. The van der Waals surface area contributed by atoms with Crippen molar-refractivity contribution in [2.45, 2.75) is 19.9 Å². The molecule has 29 heavy (non-hydrogen) atoms. The number of quaternary nitrogens is 1. The molecule has 150 valence electrons. The maximum absolute atomic E-state index is 12.5. The van der Waals surface area contributed by atoms with Crippen LogP contribution in [-0.2, 0) is 9.59 Å². The fourth-order valence-corrected chi connectivity index (χ4v) is 3.35. The lowest BCUT2D eigenvalue weighted by molar-refractivity contribution is -0.682. The summed E-state index contributed by atoms with van der Waals surface area (Å²) in [5.41, 5.74) is 2.32. The standard InChI is InChI=1S/C23H25N3O3/c1-15(19-10-6-8-17-7-4-5-9-20(17)19)24-14-23(28)26-21-13-18(25-16(2)27)11-12-22(21)29-3/h4-13,15,24H,14H2,1-3H3,(H,25,27)(H,26,28)/p+1/t15-/m1/s1. The summed E-state index contributed by atoms with van der Waals surface area (Å²) in [6.45, 7) is 3.79. The van der Waals surface area contributed by atoms with Crippen molar-refractivity contribution in [1.29, 1.82) is 0 Å². The van der Waals surface area contributed by atoms with Crippen LogP contribution in [0, 0.1) is 0 Å². The summed E-state index contributed by atoms with van der Waals surface area (Å²) in [4.78, 5) is 23.8. The summed E-state index contributed by atoms with van der Waals surface area (Å²) in [7, 11) is 1.54. The molecular formula is C23H26N3O3+. The topological polar surface area (TPSA) is 84.0 Å². The van der Waals surface area contributed by atoms with Gasteiger partial charge in [-0.3, -0.25) is 9.59 Å². The van der Waals surface area contributed by atoms with E-state index in [1.165, 1.54) is 30.4 Å². The molecule has 0 aliphatic heterocycles. The summed E-state index contributed by atoms with van der Waals surface area (Å²) in [6.07, 6.45) is 0. The SMILES string of the molecule is COc1ccc(NC(C)=O)cc1NC(=O)C[NH2+][C@H](C)c1cccc2ccccc12. The van der Waals surface area contributed by atoms with Gasteiger partial charge in [0.15, 0.2) is 6.54 Å². The van der Waals surface area contributed by atoms with Crippen LogP contribution in [0.25, 0.3) is 10.8 Å². The quantitative estimate of drug-likeness (QED) is 0.578. The van der Waals surface area contributed by atoms with Crippen molar-refractivity contribution in [3.8, 4) is 5.75 Å². The Morgan fingerprint density at radius 2 is 1.79 bits per heavy atom. The van der Waals surface area contributed by atoms with E-state index in [1.807, 2.05) is 23.5 Å². The zero-order valence-electron chi connectivity index (χ0n) is 16.9. The summed E-state index contributed by atoms with van der Waals surface area (Å²) in [5.74, 6) is 0.217. The van der Waals surface area contributed by atoms with Crippen molar-refractivity contribution in [1.82, 2.24) is 0 Å². The van der Waals surface area contributed by atoms with E-state index >= 15 is 0 Å². The number of hydrogen-bond donors (Lipinski definition) is 3. The van der Waals surface area contributed by atoms with E-state index in [9.17, 15) is 9.59 Å². The Morgan fingerprint density at radius 3 is 2.55 bits per heavy atom. The fourth-order valence-electron chi connectivity index (χ4n) is 3.35. The second-order valence-electron chi connectivity index (χ2n) is 6.94. The highest BCUT2D eigenvalue weighted by molar-refractivity contribution is 5.95. The molecule has 2 amide bonds. The highest BCUT2D eigenvalue weighted by atomic mass is 16.5. The number of methoxy groups -OCH3 is 1. The predicted octanol–water partition coefficient (Wildman–Crippen LogP) is 3.07. The number of benzene rings is 3. The van der Waals surface area contributed by atoms with Crippen molar-refractivity contribution in [3.05, 3.63) is 66.2 Å². The number of amides is 2. The van der Waals surface area contributed by atoms with Crippen LogP contribution in [0.5, 0.6) is 5.75 Å². The van der Waals surface area contributed by atoms with Gasteiger partial charge in [-0.2, -0.15) is 0 Å². The molecule has 0 spiro atoms. The third kappa shape index (κ3) is 5.12. The molecule has 0 saturated heterocycles. The van der Waals surface area contributed by atoms with Gasteiger partial charge in [-0.05, 0) is 35.9 Å². The van der Waals surface area contributed by atoms with Crippen LogP contribution in [0.1, 0.15) is 25.5 Å². The predicted molar refractivity (Wildman–Crippen MR) is 115 cm³/mol. The Morgan fingerprint density at radius 1 is 1.03 bits per heavy atom. The molecule has 3 rings (SSSR count). The van der Waals surface area contributed by atoms with Gasteiger partial charge in [0.05, 0.1) is 12.8 Å². The van der Waals surface area contributed by atoms with Crippen LogP contribution >= 0.6 is 0 Å². The minimum atomic E-state index is -0.176. The molecule has 0 saturated carbocycles. The number of rotatable bonds is 7. The second kappa shape index (κ2) is 9.21. The van der Waals surface area contributed by atoms with Crippen LogP contribution in [0.4, 0.5) is 11.4 Å². The van der Waals surface area contributed by atoms with Crippen molar-refractivity contribution in [2.24, 2.45) is 0 Å². The van der Waals surface area contributed by atoms with E-state index in [2.05, 4.69) is 41.8 Å². The molecule has 0 heterocycles. The molecule has 0 radical (unpaired) electrons. The Labute approximate surface area is 170 Å². The molecular weight excluding hydrogens is 366 g/mol. The molecule has 0 unspecified atom stereocenters. The smallest absolute Gasteiger partial charge is 0.279 e. The van der Waals surface area contributed by atoms with Gasteiger partial charge in [-0.15, -0.1) is 0 Å². The summed E-state index contributed by atoms with van der Waals surface area (Å²) in [6, 6.07) is 19.7. The first-order valence-corrected chi connectivity index (χ1v) is 9.54. The van der Waals surface area contributed by atoms with E-state index in [1.54, 1.807) is 18.2 Å². The average molecular weight is 392 g/mol. The molecule has 6 nitrogen and oxygen atoms in total. The zero-order chi connectivity index (χ0) is 20.8. The lowest BCUT2D eigenvalue weighted by Gasteiger charge is -2.15. The third-order valence-corrected chi connectivity index (χ3v) is 4.76. The summed E-state index contributed by atoms with van der Waals surface area (Å²) < 4.78 is 5.31. The largest absolute Gasteiger partial charge is 0.495 e. The summed E-state index contributed by atoms with van der Waals surface area (Å²) in [5, 5.41) is 9.97. The van der Waals surface area contributed by atoms with Crippen LogP contribution in [0.2, 0.25) is 0 Å². The Kier molecular flexibility index (Phi) is 6.46. The maximum Gasteiger partial charge on any atom is 0.279 e. The van der Waals surface area contributed by atoms with E-state index in [0.717, 1.165) is 0 Å². The number of fused-ring (bicyclic) bond motifs is 1. The number of nitrogens with two attached hydrogens (primary N) is 1. The molecule has 6 heteroatoms. The van der Waals surface area contributed by atoms with Crippen molar-refractivity contribution in [2.75, 3.05) is 24.3 Å². The normalized spacial score (nSPS) is 11.7. The summed E-state index contributed by atoms with van der Waals surface area (Å²) >= 11 is 0. The average Bonchev–Trinajstić information content (AvgIpc) is 2.71. The van der Waals surface area contributed by atoms with Gasteiger partial charge < -0.3 is 20.7 Å². The van der Waals surface area contributed by atoms with Gasteiger partial charge in [0.25, 0.3) is 5.91 Å². The second-order valence-corrected chi connectivity index (χ2v) is 6.94. The Bertz CT molecular complexity index is 1030. The monoisotopic (exact) mass is 392 g/mol. The van der Waals surface area contributed by atoms with Crippen LogP contribution in [0.3, 0.4) is 0 Å². The van der Waals surface area contributed by atoms with Crippen LogP contribution in [-0.4, -0.2) is 25.5 Å². The van der Waals surface area contributed by atoms with Gasteiger partial charge >= 0.3 is 0 Å². The number of hydrogen-bond acceptors (Lipinski definition) is 3. The van der Waals surface area contributed by atoms with Crippen molar-refractivity contribution < 1.29 is 19.6 Å². The Balaban J connectivity index is 1.67. The van der Waals surface area contributed by atoms with E-state index < -0.39 is 0 Å². The van der Waals surface area contributed by atoms with E-state index in [0.29, 0.717) is 17.1 Å². The van der Waals surface area contributed by atoms with Crippen molar-refractivity contribution in [3.63, 3.8) is 0 Å². The molecule has 1 atom stereocenters. The minimum absolute atomic E-state index is 0.124. The maximum atomic E-state index is 12.5. The van der Waals surface area contributed by atoms with Gasteiger partial charge in [0.2, 0.25) is 5.91 Å². The molecule has 0 aliphatic carbocycles. The Hall–Kier alpha value is -3.38. The first kappa shape index (κ1) is 20.4. The molecule has 0 aromatic heterocycles. The number of carbonyl (C=O) groups is 2. The molecule has 3 aromatic carbocycles. The van der Waals surface area contributed by atoms with Gasteiger partial charge in [-0.1, -0.05) is 42.5 Å². The zero-order valence-corrected chi connectivity index (χ0v) is 16.9. The van der Waals surface area contributed by atoms with Crippen molar-refractivity contribution >= 4 is 34.0 Å². The number of carbonyl (C=O) groups excluding carboxylic acids is 2. The fraction of sp³-hybridized carbons (Fsp3) is 0.217. The lowest BCUT2D eigenvalue weighted by atomic mass is 10.00. The molecule has 4 N–H and O–H groups in total. The third-order valence-electron chi connectivity index (χ3n) is 4.76. The highest BCUT2D eigenvalue weighted by Gasteiger charge is 2.15. The van der Waals surface area contributed by atoms with E-state index in [-0.39, 0.29) is 24.4 Å². The number of anilines is 2. The number of nitrogens with one attached hydrogen (secondary N) is 2. The van der Waals surface area contributed by atoms with Gasteiger partial charge in [0, 0.05) is 18.2 Å². The first-order chi connectivity index (χ1) is 14.0. The minimum Gasteiger partial charge on any atom is -0.495 e. The lowest BCUT2D eigenvalue weighted by Crippen LogP contribution is -2.86. The van der Waals surface area contributed by atoms with Gasteiger partial charge in [-0.25, -0.2) is 0 Å². The highest BCUT2D eigenvalue weighted by Crippen LogP contribution is 2.28. The molecule has 3 aromatic rings. The van der Waals surface area contributed by atoms with E-state index in [4.69, 9.17) is 4.74 Å². The molecule has 0 fully saturated rings. The van der Waals surface area contributed by atoms with Crippen LogP contribution < -0.4 is 20.7 Å². The first-order valence-electron chi connectivity index (χ1n) is 9.54. The van der Waals surface area contributed by atoms with Crippen LogP contribution in [0.15, 0.2) is 60.7 Å². The molecule has 0 aliphatic rings. The number of ether oxygens (including phenoxy) is 1.